The molecule has 0 radical (unpaired) electrons. The maximum Gasteiger partial charge on any atom is 0.270 e. The highest BCUT2D eigenvalue weighted by Crippen LogP contribution is 2.37. The van der Waals surface area contributed by atoms with Crippen LogP contribution >= 0.6 is 0 Å². The molecule has 0 saturated heterocycles. The van der Waals surface area contributed by atoms with Gasteiger partial charge in [0.05, 0.1) is 5.70 Å². The van der Waals surface area contributed by atoms with Crippen LogP contribution in [-0.4, -0.2) is 12.3 Å². The first kappa shape index (κ1) is 14.0. The average molecular weight is 289 g/mol. The van der Waals surface area contributed by atoms with E-state index < -0.39 is 5.92 Å². The number of halogens is 2. The van der Waals surface area contributed by atoms with E-state index in [-0.39, 0.29) is 11.3 Å². The van der Waals surface area contributed by atoms with Crippen LogP contribution in [0.2, 0.25) is 0 Å². The van der Waals surface area contributed by atoms with Gasteiger partial charge in [-0.1, -0.05) is 30.3 Å². The highest BCUT2D eigenvalue weighted by Gasteiger charge is 2.28. The number of carbonyl (C=O) groups excluding carboxylic acids is 1. The lowest BCUT2D eigenvalue weighted by molar-refractivity contribution is 0.0174. The van der Waals surface area contributed by atoms with E-state index in [1.807, 2.05) is 6.08 Å². The first-order chi connectivity index (χ1) is 9.95. The smallest absolute Gasteiger partial charge is 0.270 e. The molecule has 0 amide bonds. The normalized spacial score (nSPS) is 18.6. The van der Waals surface area contributed by atoms with Crippen LogP contribution in [-0.2, 0) is 5.92 Å². The van der Waals surface area contributed by atoms with Crippen molar-refractivity contribution < 1.29 is 13.6 Å². The summed E-state index contributed by atoms with van der Waals surface area (Å²) in [5, 5.41) is 3.13. The molecule has 0 bridgehead atoms. The molecule has 4 heteroatoms. The van der Waals surface area contributed by atoms with Crippen LogP contribution in [0.3, 0.4) is 0 Å². The molecule has 1 aliphatic heterocycles. The van der Waals surface area contributed by atoms with E-state index in [2.05, 4.69) is 5.32 Å². The van der Waals surface area contributed by atoms with Crippen molar-refractivity contribution in [2.45, 2.75) is 25.7 Å². The predicted molar refractivity (Wildman–Crippen MR) is 77.2 cm³/mol. The predicted octanol–water partition coefficient (Wildman–Crippen LogP) is 3.80. The Morgan fingerprint density at radius 2 is 1.86 bits per heavy atom. The van der Waals surface area contributed by atoms with Crippen LogP contribution < -0.4 is 5.32 Å². The van der Waals surface area contributed by atoms with Gasteiger partial charge in [-0.25, -0.2) is 8.78 Å². The summed E-state index contributed by atoms with van der Waals surface area (Å²) < 4.78 is 26.3. The Balaban J connectivity index is 1.76. The summed E-state index contributed by atoms with van der Waals surface area (Å²) in [7, 11) is 0. The standard InChI is InChI=1S/C17H17F2NO/c1-17(18,19)14-7-4-12(5-8-14)16(21)15-9-6-13(10-20-15)11-2-3-11/h4-9,11,20H,2-3,10H2,1H3. The number of alkyl halides is 2. The molecule has 2 nitrogen and oxygen atoms in total. The van der Waals surface area contributed by atoms with E-state index in [0.29, 0.717) is 23.7 Å². The Bertz CT molecular complexity index is 619. The van der Waals surface area contributed by atoms with Crippen molar-refractivity contribution in [3.63, 3.8) is 0 Å². The van der Waals surface area contributed by atoms with E-state index in [1.54, 1.807) is 6.08 Å². The number of rotatable bonds is 4. The fourth-order valence-corrected chi connectivity index (χ4v) is 2.47. The molecule has 0 unspecified atom stereocenters. The second-order valence-corrected chi connectivity index (χ2v) is 5.74. The monoisotopic (exact) mass is 289 g/mol. The fraction of sp³-hybridized carbons (Fsp3) is 0.353. The van der Waals surface area contributed by atoms with Crippen LogP contribution in [0.5, 0.6) is 0 Å². The van der Waals surface area contributed by atoms with E-state index >= 15 is 0 Å². The van der Waals surface area contributed by atoms with Crippen LogP contribution in [0.4, 0.5) is 8.78 Å². The summed E-state index contributed by atoms with van der Waals surface area (Å²) in [4.78, 5) is 12.3. The van der Waals surface area contributed by atoms with Crippen molar-refractivity contribution in [2.24, 2.45) is 5.92 Å². The van der Waals surface area contributed by atoms with Crippen molar-refractivity contribution in [3.05, 3.63) is 58.8 Å². The molecule has 1 saturated carbocycles. The Morgan fingerprint density at radius 3 is 2.33 bits per heavy atom. The Morgan fingerprint density at radius 1 is 1.19 bits per heavy atom. The number of hydrogen-bond donors (Lipinski definition) is 1. The molecule has 1 N–H and O–H groups in total. The summed E-state index contributed by atoms with van der Waals surface area (Å²) >= 11 is 0. The minimum atomic E-state index is -2.88. The molecule has 1 heterocycles. The van der Waals surface area contributed by atoms with Gasteiger partial charge in [0.15, 0.2) is 0 Å². The topological polar surface area (TPSA) is 29.1 Å². The zero-order valence-electron chi connectivity index (χ0n) is 11.8. The van der Waals surface area contributed by atoms with Crippen LogP contribution in [0, 0.1) is 5.92 Å². The molecule has 0 atom stereocenters. The third kappa shape index (κ3) is 3.04. The van der Waals surface area contributed by atoms with Crippen molar-refractivity contribution in [3.8, 4) is 0 Å². The molecule has 1 aromatic rings. The van der Waals surface area contributed by atoms with Crippen molar-refractivity contribution >= 4 is 5.78 Å². The molecular formula is C17H17F2NO. The third-order valence-electron chi connectivity index (χ3n) is 3.95. The largest absolute Gasteiger partial charge is 0.378 e. The van der Waals surface area contributed by atoms with Crippen LogP contribution in [0.15, 0.2) is 47.7 Å². The quantitative estimate of drug-likeness (QED) is 0.854. The lowest BCUT2D eigenvalue weighted by atomic mass is 10.0. The summed E-state index contributed by atoms with van der Waals surface area (Å²) in [6.07, 6.45) is 6.27. The molecule has 3 rings (SSSR count). The van der Waals surface area contributed by atoms with E-state index in [1.165, 1.54) is 42.7 Å². The zero-order chi connectivity index (χ0) is 15.0. The number of Topliss-reactive ketones (excluding diaryl/α,β-unsaturated/α-hetero) is 1. The van der Waals surface area contributed by atoms with Gasteiger partial charge >= 0.3 is 0 Å². The van der Waals surface area contributed by atoms with E-state index in [0.717, 1.165) is 6.92 Å². The molecule has 0 aromatic heterocycles. The lowest BCUT2D eigenvalue weighted by Gasteiger charge is -2.16. The maximum atomic E-state index is 13.2. The van der Waals surface area contributed by atoms with Gasteiger partial charge in [0.25, 0.3) is 5.92 Å². The number of benzene rings is 1. The molecule has 1 aromatic carbocycles. The highest BCUT2D eigenvalue weighted by atomic mass is 19.3. The number of dihydropyridines is 1. The second kappa shape index (κ2) is 5.10. The summed E-state index contributed by atoms with van der Waals surface area (Å²) in [5.41, 5.74) is 2.20. The Labute approximate surface area is 122 Å². The molecule has 21 heavy (non-hydrogen) atoms. The van der Waals surface area contributed by atoms with Crippen molar-refractivity contribution in [1.82, 2.24) is 5.32 Å². The van der Waals surface area contributed by atoms with Gasteiger partial charge in [0, 0.05) is 24.6 Å². The number of hydrogen-bond acceptors (Lipinski definition) is 2. The van der Waals surface area contributed by atoms with Gasteiger partial charge in [-0.05, 0) is 30.4 Å². The molecular weight excluding hydrogens is 272 g/mol. The zero-order valence-corrected chi connectivity index (χ0v) is 11.8. The molecule has 110 valence electrons. The van der Waals surface area contributed by atoms with Crippen molar-refractivity contribution in [1.29, 1.82) is 0 Å². The summed E-state index contributed by atoms with van der Waals surface area (Å²) in [5.74, 6) is -2.37. The lowest BCUT2D eigenvalue weighted by Crippen LogP contribution is -2.26. The van der Waals surface area contributed by atoms with Gasteiger partial charge in [0.2, 0.25) is 5.78 Å². The summed E-state index contributed by atoms with van der Waals surface area (Å²) in [6.45, 7) is 1.55. The van der Waals surface area contributed by atoms with Gasteiger partial charge in [0.1, 0.15) is 0 Å². The average Bonchev–Trinajstić information content (AvgIpc) is 3.31. The van der Waals surface area contributed by atoms with Gasteiger partial charge < -0.3 is 5.32 Å². The van der Waals surface area contributed by atoms with Gasteiger partial charge in [-0.15, -0.1) is 0 Å². The molecule has 1 aliphatic carbocycles. The van der Waals surface area contributed by atoms with Crippen LogP contribution in [0.25, 0.3) is 0 Å². The highest BCUT2D eigenvalue weighted by molar-refractivity contribution is 6.08. The number of allylic oxidation sites excluding steroid dienone is 3. The SMILES string of the molecule is CC(F)(F)c1ccc(C(=O)C2=CC=C(C3CC3)CN2)cc1. The number of carbonyl (C=O) groups is 1. The molecule has 0 spiro atoms. The molecule has 2 aliphatic rings. The first-order valence-corrected chi connectivity index (χ1v) is 7.13. The van der Waals surface area contributed by atoms with Gasteiger partial charge in [-0.2, -0.15) is 0 Å². The molecule has 1 fully saturated rings. The van der Waals surface area contributed by atoms with E-state index in [9.17, 15) is 13.6 Å². The minimum absolute atomic E-state index is 0.0828. The van der Waals surface area contributed by atoms with Crippen LogP contribution in [0.1, 0.15) is 35.7 Å². The fourth-order valence-electron chi connectivity index (χ4n) is 2.47. The van der Waals surface area contributed by atoms with E-state index in [4.69, 9.17) is 0 Å². The summed E-state index contributed by atoms with van der Waals surface area (Å²) in [6, 6.07) is 5.53. The third-order valence-corrected chi connectivity index (χ3v) is 3.95. The van der Waals surface area contributed by atoms with Crippen molar-refractivity contribution in [2.75, 3.05) is 6.54 Å². The Hall–Kier alpha value is -1.97. The first-order valence-electron chi connectivity index (χ1n) is 7.13. The minimum Gasteiger partial charge on any atom is -0.378 e. The van der Waals surface area contributed by atoms with Gasteiger partial charge in [-0.3, -0.25) is 4.79 Å². The Kier molecular flexibility index (Phi) is 3.40. The maximum absolute atomic E-state index is 13.2. The number of nitrogens with one attached hydrogen (secondary N) is 1. The number of ketones is 1. The second-order valence-electron chi connectivity index (χ2n) is 5.74.